The predicted molar refractivity (Wildman–Crippen MR) is 56.8 cm³/mol. The Labute approximate surface area is 98.7 Å². The summed E-state index contributed by atoms with van der Waals surface area (Å²) in [6.45, 7) is 1.19. The van der Waals surface area contributed by atoms with E-state index in [0.29, 0.717) is 0 Å². The van der Waals surface area contributed by atoms with Crippen LogP contribution in [0.2, 0.25) is 0 Å². The van der Waals surface area contributed by atoms with Gasteiger partial charge in [-0.25, -0.2) is 4.79 Å². The summed E-state index contributed by atoms with van der Waals surface area (Å²) in [6.07, 6.45) is -0.571. The lowest BCUT2D eigenvalue weighted by Gasteiger charge is -2.22. The van der Waals surface area contributed by atoms with Gasteiger partial charge in [0.05, 0.1) is 19.8 Å². The van der Waals surface area contributed by atoms with E-state index in [2.05, 4.69) is 10.1 Å². The monoisotopic (exact) mass is 244 g/mol. The highest BCUT2D eigenvalue weighted by atomic mass is 16.5. The summed E-state index contributed by atoms with van der Waals surface area (Å²) >= 11 is 0. The molecule has 1 rings (SSSR count). The summed E-state index contributed by atoms with van der Waals surface area (Å²) in [6, 6.07) is -0.767. The molecule has 2 amide bonds. The number of esters is 1. The molecule has 17 heavy (non-hydrogen) atoms. The Balaban J connectivity index is 2.63. The first kappa shape index (κ1) is 13.4. The summed E-state index contributed by atoms with van der Waals surface area (Å²) < 4.78 is 4.56. The molecule has 96 valence electrons. The molecule has 0 aromatic carbocycles. The average molecular weight is 244 g/mol. The summed E-state index contributed by atoms with van der Waals surface area (Å²) in [5.74, 6) is -1.29. The number of carbonyl (C=O) groups excluding carboxylic acids is 3. The molecule has 0 aliphatic carbocycles. The van der Waals surface area contributed by atoms with Gasteiger partial charge < -0.3 is 20.1 Å². The van der Waals surface area contributed by atoms with Crippen molar-refractivity contribution in [1.29, 1.82) is 0 Å². The molecule has 0 saturated carbocycles. The number of rotatable bonds is 3. The number of aliphatic hydroxyl groups excluding tert-OH is 1. The van der Waals surface area contributed by atoms with E-state index >= 15 is 0 Å². The lowest BCUT2D eigenvalue weighted by atomic mass is 10.2. The van der Waals surface area contributed by atoms with Crippen LogP contribution in [0.4, 0.5) is 0 Å². The van der Waals surface area contributed by atoms with E-state index in [1.165, 1.54) is 18.9 Å². The number of ether oxygens (including phenoxy) is 1. The van der Waals surface area contributed by atoms with E-state index < -0.39 is 24.0 Å². The van der Waals surface area contributed by atoms with Crippen molar-refractivity contribution in [3.63, 3.8) is 0 Å². The Morgan fingerprint density at radius 1 is 1.47 bits per heavy atom. The van der Waals surface area contributed by atoms with Crippen LogP contribution in [0.1, 0.15) is 13.3 Å². The minimum atomic E-state index is -0.767. The van der Waals surface area contributed by atoms with Crippen molar-refractivity contribution in [3.05, 3.63) is 0 Å². The first-order valence-corrected chi connectivity index (χ1v) is 5.25. The van der Waals surface area contributed by atoms with Crippen molar-refractivity contribution < 1.29 is 24.2 Å². The molecule has 0 bridgehead atoms. The Morgan fingerprint density at radius 2 is 2.12 bits per heavy atom. The Bertz CT molecular complexity index is 331. The van der Waals surface area contributed by atoms with Crippen LogP contribution in [0.3, 0.4) is 0 Å². The third-order valence-corrected chi connectivity index (χ3v) is 2.56. The molecule has 0 aromatic rings. The fraction of sp³-hybridized carbons (Fsp3) is 0.700. The van der Waals surface area contributed by atoms with Gasteiger partial charge in [-0.3, -0.25) is 9.59 Å². The fourth-order valence-corrected chi connectivity index (χ4v) is 1.75. The molecule has 1 aliphatic rings. The van der Waals surface area contributed by atoms with Crippen molar-refractivity contribution in [2.24, 2.45) is 0 Å². The Morgan fingerprint density at radius 3 is 2.65 bits per heavy atom. The lowest BCUT2D eigenvalue weighted by Crippen LogP contribution is -2.45. The second kappa shape index (κ2) is 5.62. The van der Waals surface area contributed by atoms with Crippen LogP contribution in [-0.4, -0.2) is 60.1 Å². The molecule has 1 heterocycles. The van der Waals surface area contributed by atoms with Gasteiger partial charge in [0, 0.05) is 19.9 Å². The number of β-amino-alcohol motifs (C(OH)–C–C–N with tert-alkyl or cyclic N) is 1. The number of methoxy groups -OCH3 is 1. The molecule has 0 aromatic heterocycles. The molecular weight excluding hydrogens is 228 g/mol. The van der Waals surface area contributed by atoms with Gasteiger partial charge in [0.15, 0.2) is 0 Å². The van der Waals surface area contributed by atoms with Crippen LogP contribution in [0.5, 0.6) is 0 Å². The zero-order valence-corrected chi connectivity index (χ0v) is 9.80. The van der Waals surface area contributed by atoms with E-state index in [4.69, 9.17) is 0 Å². The maximum absolute atomic E-state index is 11.7. The zero-order valence-electron chi connectivity index (χ0n) is 9.80. The maximum atomic E-state index is 11.7. The standard InChI is InChI=1S/C10H16N2O5/c1-6(13)11-4-9(15)12-5-7(14)3-8(12)10(16)17-2/h7-8,14H,3-5H2,1-2H3,(H,11,13). The van der Waals surface area contributed by atoms with E-state index in [0.717, 1.165) is 0 Å². The number of amides is 2. The Hall–Kier alpha value is -1.63. The van der Waals surface area contributed by atoms with Crippen LogP contribution < -0.4 is 5.32 Å². The van der Waals surface area contributed by atoms with E-state index in [1.807, 2.05) is 0 Å². The summed E-state index contributed by atoms with van der Waals surface area (Å²) in [5.41, 5.74) is 0. The summed E-state index contributed by atoms with van der Waals surface area (Å²) in [5, 5.41) is 11.8. The average Bonchev–Trinajstić information content (AvgIpc) is 2.67. The molecule has 7 nitrogen and oxygen atoms in total. The highest BCUT2D eigenvalue weighted by Gasteiger charge is 2.39. The number of hydrogen-bond acceptors (Lipinski definition) is 5. The molecule has 2 unspecified atom stereocenters. The summed E-state index contributed by atoms with van der Waals surface area (Å²) in [7, 11) is 1.23. The van der Waals surface area contributed by atoms with Gasteiger partial charge in [0.25, 0.3) is 0 Å². The molecular formula is C10H16N2O5. The van der Waals surface area contributed by atoms with Gasteiger partial charge in [-0.15, -0.1) is 0 Å². The third kappa shape index (κ3) is 3.42. The summed E-state index contributed by atoms with van der Waals surface area (Å²) in [4.78, 5) is 35.0. The van der Waals surface area contributed by atoms with Gasteiger partial charge in [0.2, 0.25) is 11.8 Å². The number of carbonyl (C=O) groups is 3. The van der Waals surface area contributed by atoms with Crippen molar-refractivity contribution in [2.75, 3.05) is 20.2 Å². The van der Waals surface area contributed by atoms with Crippen LogP contribution in [-0.2, 0) is 19.1 Å². The number of nitrogens with zero attached hydrogens (tertiary/aromatic N) is 1. The van der Waals surface area contributed by atoms with Crippen LogP contribution >= 0.6 is 0 Å². The quantitative estimate of drug-likeness (QED) is 0.574. The molecule has 0 spiro atoms. The first-order valence-electron chi connectivity index (χ1n) is 5.25. The van der Waals surface area contributed by atoms with Gasteiger partial charge in [0.1, 0.15) is 6.04 Å². The minimum absolute atomic E-state index is 0.0815. The first-order chi connectivity index (χ1) is 7.95. The molecule has 1 aliphatic heterocycles. The van der Waals surface area contributed by atoms with Gasteiger partial charge >= 0.3 is 5.97 Å². The predicted octanol–water partition coefficient (Wildman–Crippen LogP) is -1.74. The molecule has 2 N–H and O–H groups in total. The largest absolute Gasteiger partial charge is 0.467 e. The maximum Gasteiger partial charge on any atom is 0.328 e. The fourth-order valence-electron chi connectivity index (χ4n) is 1.75. The second-order valence-corrected chi connectivity index (χ2v) is 3.88. The van der Waals surface area contributed by atoms with E-state index in [9.17, 15) is 19.5 Å². The molecule has 0 radical (unpaired) electrons. The molecule has 2 atom stereocenters. The van der Waals surface area contributed by atoms with Crippen molar-refractivity contribution in [3.8, 4) is 0 Å². The molecule has 7 heteroatoms. The SMILES string of the molecule is COC(=O)C1CC(O)CN1C(=O)CNC(C)=O. The van der Waals surface area contributed by atoms with Gasteiger partial charge in [-0.05, 0) is 0 Å². The van der Waals surface area contributed by atoms with Crippen LogP contribution in [0, 0.1) is 0 Å². The second-order valence-electron chi connectivity index (χ2n) is 3.88. The van der Waals surface area contributed by atoms with E-state index in [-0.39, 0.29) is 25.4 Å². The minimum Gasteiger partial charge on any atom is -0.467 e. The van der Waals surface area contributed by atoms with Crippen molar-refractivity contribution in [1.82, 2.24) is 10.2 Å². The third-order valence-electron chi connectivity index (χ3n) is 2.56. The van der Waals surface area contributed by atoms with Gasteiger partial charge in [-0.2, -0.15) is 0 Å². The highest BCUT2D eigenvalue weighted by molar-refractivity contribution is 5.88. The highest BCUT2D eigenvalue weighted by Crippen LogP contribution is 2.18. The topological polar surface area (TPSA) is 95.9 Å². The Kier molecular flexibility index (Phi) is 4.45. The number of aliphatic hydroxyl groups is 1. The van der Waals surface area contributed by atoms with Crippen molar-refractivity contribution in [2.45, 2.75) is 25.5 Å². The zero-order chi connectivity index (χ0) is 13.0. The van der Waals surface area contributed by atoms with E-state index in [1.54, 1.807) is 0 Å². The normalized spacial score (nSPS) is 23.4. The van der Waals surface area contributed by atoms with Crippen LogP contribution in [0.25, 0.3) is 0 Å². The van der Waals surface area contributed by atoms with Crippen molar-refractivity contribution >= 4 is 17.8 Å². The van der Waals surface area contributed by atoms with Crippen LogP contribution in [0.15, 0.2) is 0 Å². The lowest BCUT2D eigenvalue weighted by molar-refractivity contribution is -0.150. The number of nitrogens with one attached hydrogen (secondary N) is 1. The number of hydrogen-bond donors (Lipinski definition) is 2. The molecule has 1 fully saturated rings. The smallest absolute Gasteiger partial charge is 0.328 e. The van der Waals surface area contributed by atoms with Gasteiger partial charge in [-0.1, -0.05) is 0 Å². The number of likely N-dealkylation sites (tertiary alicyclic amines) is 1. The molecule has 1 saturated heterocycles.